The SMILES string of the molecule is CC1CCN(S(=O)(=O)c2ccc(OCC(=O)N3CCCCCC3)cc2)CC1. The molecule has 0 radical (unpaired) electrons. The van der Waals surface area contributed by atoms with Crippen LogP contribution in [-0.4, -0.2) is 56.3 Å². The molecule has 0 bridgehead atoms. The van der Waals surface area contributed by atoms with Crippen molar-refractivity contribution in [3.8, 4) is 5.75 Å². The lowest BCUT2D eigenvalue weighted by molar-refractivity contribution is -0.133. The van der Waals surface area contributed by atoms with E-state index in [2.05, 4.69) is 6.92 Å². The van der Waals surface area contributed by atoms with E-state index in [0.29, 0.717) is 24.8 Å². The number of likely N-dealkylation sites (tertiary alicyclic amines) is 1. The van der Waals surface area contributed by atoms with Crippen molar-refractivity contribution in [2.24, 2.45) is 5.92 Å². The van der Waals surface area contributed by atoms with Gasteiger partial charge in [0.15, 0.2) is 6.61 Å². The van der Waals surface area contributed by atoms with Gasteiger partial charge in [0.05, 0.1) is 4.90 Å². The summed E-state index contributed by atoms with van der Waals surface area (Å²) >= 11 is 0. The third kappa shape index (κ3) is 5.23. The first-order valence-electron chi connectivity index (χ1n) is 9.97. The molecule has 2 aliphatic heterocycles. The largest absolute Gasteiger partial charge is 0.484 e. The maximum absolute atomic E-state index is 12.7. The Morgan fingerprint density at radius 2 is 1.59 bits per heavy atom. The van der Waals surface area contributed by atoms with Gasteiger partial charge in [0.1, 0.15) is 5.75 Å². The fourth-order valence-electron chi connectivity index (χ4n) is 3.64. The van der Waals surface area contributed by atoms with Crippen molar-refractivity contribution in [2.75, 3.05) is 32.8 Å². The van der Waals surface area contributed by atoms with Gasteiger partial charge in [-0.3, -0.25) is 4.79 Å². The summed E-state index contributed by atoms with van der Waals surface area (Å²) in [5, 5.41) is 0. The van der Waals surface area contributed by atoms with Crippen LogP contribution in [0.3, 0.4) is 0 Å². The molecule has 0 aromatic heterocycles. The number of piperidine rings is 1. The molecule has 0 atom stereocenters. The van der Waals surface area contributed by atoms with Crippen LogP contribution in [0, 0.1) is 5.92 Å². The zero-order chi connectivity index (χ0) is 19.3. The Morgan fingerprint density at radius 3 is 2.19 bits per heavy atom. The van der Waals surface area contributed by atoms with Gasteiger partial charge >= 0.3 is 0 Å². The minimum atomic E-state index is -3.45. The van der Waals surface area contributed by atoms with Gasteiger partial charge in [-0.1, -0.05) is 19.8 Å². The van der Waals surface area contributed by atoms with Crippen LogP contribution in [0.5, 0.6) is 5.75 Å². The van der Waals surface area contributed by atoms with Gasteiger partial charge in [0.2, 0.25) is 10.0 Å². The molecule has 0 spiro atoms. The fourth-order valence-corrected chi connectivity index (χ4v) is 5.11. The average molecular weight is 395 g/mol. The molecular weight excluding hydrogens is 364 g/mol. The van der Waals surface area contributed by atoms with E-state index in [1.807, 2.05) is 4.90 Å². The summed E-state index contributed by atoms with van der Waals surface area (Å²) in [7, 11) is -3.45. The molecule has 1 aromatic rings. The summed E-state index contributed by atoms with van der Waals surface area (Å²) in [4.78, 5) is 14.4. The van der Waals surface area contributed by atoms with E-state index >= 15 is 0 Å². The van der Waals surface area contributed by atoms with E-state index in [1.165, 1.54) is 12.8 Å². The molecule has 0 N–H and O–H groups in total. The lowest BCUT2D eigenvalue weighted by Crippen LogP contribution is -2.37. The van der Waals surface area contributed by atoms with E-state index < -0.39 is 10.0 Å². The Morgan fingerprint density at radius 1 is 1.00 bits per heavy atom. The van der Waals surface area contributed by atoms with E-state index in [1.54, 1.807) is 28.6 Å². The highest BCUT2D eigenvalue weighted by atomic mass is 32.2. The number of hydrogen-bond donors (Lipinski definition) is 0. The standard InChI is InChI=1S/C20H30N2O4S/c1-17-10-14-22(15-11-17)27(24,25)19-8-6-18(7-9-19)26-16-20(23)21-12-4-2-3-5-13-21/h6-9,17H,2-5,10-16H2,1H3. The van der Waals surface area contributed by atoms with Crippen molar-refractivity contribution in [1.82, 2.24) is 9.21 Å². The lowest BCUT2D eigenvalue weighted by atomic mass is 10.0. The second kappa shape index (κ2) is 9.06. The number of sulfonamides is 1. The number of rotatable bonds is 5. The van der Waals surface area contributed by atoms with Crippen LogP contribution in [0.25, 0.3) is 0 Å². The minimum Gasteiger partial charge on any atom is -0.484 e. The first kappa shape index (κ1) is 20.1. The van der Waals surface area contributed by atoms with Gasteiger partial charge in [-0.05, 0) is 55.9 Å². The molecule has 150 valence electrons. The molecule has 0 unspecified atom stereocenters. The van der Waals surface area contributed by atoms with E-state index in [9.17, 15) is 13.2 Å². The van der Waals surface area contributed by atoms with E-state index in [4.69, 9.17) is 4.74 Å². The van der Waals surface area contributed by atoms with Gasteiger partial charge in [0.25, 0.3) is 5.91 Å². The zero-order valence-electron chi connectivity index (χ0n) is 16.1. The van der Waals surface area contributed by atoms with Crippen LogP contribution in [0.4, 0.5) is 0 Å². The summed E-state index contributed by atoms with van der Waals surface area (Å²) in [5.41, 5.74) is 0. The monoisotopic (exact) mass is 394 g/mol. The molecule has 0 aliphatic carbocycles. The summed E-state index contributed by atoms with van der Waals surface area (Å²) in [6.45, 7) is 4.90. The zero-order valence-corrected chi connectivity index (χ0v) is 16.9. The number of carbonyl (C=O) groups excluding carboxylic acids is 1. The fraction of sp³-hybridized carbons (Fsp3) is 0.650. The molecule has 1 aromatic carbocycles. The van der Waals surface area contributed by atoms with Gasteiger partial charge in [0, 0.05) is 26.2 Å². The molecule has 0 saturated carbocycles. The van der Waals surface area contributed by atoms with Gasteiger partial charge in [-0.2, -0.15) is 4.31 Å². The molecule has 6 nitrogen and oxygen atoms in total. The quantitative estimate of drug-likeness (QED) is 0.770. The summed E-state index contributed by atoms with van der Waals surface area (Å²) in [6, 6.07) is 6.41. The Balaban J connectivity index is 1.56. The highest BCUT2D eigenvalue weighted by Gasteiger charge is 2.28. The van der Waals surface area contributed by atoms with Crippen LogP contribution < -0.4 is 4.74 Å². The maximum Gasteiger partial charge on any atom is 0.260 e. The Labute approximate surface area is 162 Å². The van der Waals surface area contributed by atoms with Crippen molar-refractivity contribution >= 4 is 15.9 Å². The van der Waals surface area contributed by atoms with Gasteiger partial charge < -0.3 is 9.64 Å². The number of amides is 1. The van der Waals surface area contributed by atoms with Crippen molar-refractivity contribution in [1.29, 1.82) is 0 Å². The second-order valence-corrected chi connectivity index (χ2v) is 9.58. The summed E-state index contributed by atoms with van der Waals surface area (Å²) in [6.07, 6.45) is 6.26. The number of ether oxygens (including phenoxy) is 1. The van der Waals surface area contributed by atoms with E-state index in [0.717, 1.165) is 38.8 Å². The molecule has 2 heterocycles. The smallest absolute Gasteiger partial charge is 0.260 e. The number of hydrogen-bond acceptors (Lipinski definition) is 4. The van der Waals surface area contributed by atoms with Crippen LogP contribution in [-0.2, 0) is 14.8 Å². The van der Waals surface area contributed by atoms with E-state index in [-0.39, 0.29) is 17.4 Å². The van der Waals surface area contributed by atoms with Gasteiger partial charge in [-0.15, -0.1) is 0 Å². The predicted molar refractivity (Wildman–Crippen MR) is 104 cm³/mol. The summed E-state index contributed by atoms with van der Waals surface area (Å²) in [5.74, 6) is 1.09. The van der Waals surface area contributed by atoms with Crippen molar-refractivity contribution in [3.63, 3.8) is 0 Å². The Kier molecular flexibility index (Phi) is 6.76. The molecule has 7 heteroatoms. The summed E-state index contributed by atoms with van der Waals surface area (Å²) < 4.78 is 32.6. The number of nitrogens with zero attached hydrogens (tertiary/aromatic N) is 2. The van der Waals surface area contributed by atoms with Crippen LogP contribution in [0.2, 0.25) is 0 Å². The lowest BCUT2D eigenvalue weighted by Gasteiger charge is -2.29. The third-order valence-corrected chi connectivity index (χ3v) is 7.44. The van der Waals surface area contributed by atoms with Crippen LogP contribution in [0.1, 0.15) is 45.4 Å². The Bertz CT molecular complexity index is 717. The molecule has 1 amide bonds. The highest BCUT2D eigenvalue weighted by molar-refractivity contribution is 7.89. The first-order valence-corrected chi connectivity index (χ1v) is 11.4. The first-order chi connectivity index (χ1) is 13.0. The molecule has 2 aliphatic rings. The second-order valence-electron chi connectivity index (χ2n) is 7.64. The molecule has 2 saturated heterocycles. The minimum absolute atomic E-state index is 0.00367. The molecule has 3 rings (SSSR count). The van der Waals surface area contributed by atoms with Crippen LogP contribution in [0.15, 0.2) is 29.2 Å². The molecule has 2 fully saturated rings. The van der Waals surface area contributed by atoms with Crippen molar-refractivity contribution < 1.29 is 17.9 Å². The highest BCUT2D eigenvalue weighted by Crippen LogP contribution is 2.24. The van der Waals surface area contributed by atoms with Crippen molar-refractivity contribution in [3.05, 3.63) is 24.3 Å². The molecule has 27 heavy (non-hydrogen) atoms. The van der Waals surface area contributed by atoms with Gasteiger partial charge in [-0.25, -0.2) is 8.42 Å². The molecular formula is C20H30N2O4S. The van der Waals surface area contributed by atoms with Crippen molar-refractivity contribution in [2.45, 2.75) is 50.3 Å². The predicted octanol–water partition coefficient (Wildman–Crippen LogP) is 2.89. The maximum atomic E-state index is 12.7. The number of carbonyl (C=O) groups is 1. The third-order valence-electron chi connectivity index (χ3n) is 5.53. The number of benzene rings is 1. The topological polar surface area (TPSA) is 66.9 Å². The Hall–Kier alpha value is -1.60. The normalized spacial score (nSPS) is 20.3. The average Bonchev–Trinajstić information content (AvgIpc) is 2.96. The van der Waals surface area contributed by atoms with Crippen LogP contribution >= 0.6 is 0 Å².